The third kappa shape index (κ3) is 834. The van der Waals surface area contributed by atoms with Crippen LogP contribution in [0.4, 0.5) is 0 Å². The van der Waals surface area contributed by atoms with Gasteiger partial charge in [-0.25, -0.2) is 0 Å². The van der Waals surface area contributed by atoms with E-state index in [0.29, 0.717) is 0 Å². The van der Waals surface area contributed by atoms with Crippen LogP contribution >= 0.6 is 0 Å². The molecule has 10 N–H and O–H groups in total. The van der Waals surface area contributed by atoms with E-state index in [0.717, 1.165) is 0 Å². The molecule has 0 bridgehead atoms. The molecule has 48 valence electrons. The first-order valence-corrected chi connectivity index (χ1v) is 0. The van der Waals surface area contributed by atoms with Gasteiger partial charge in [0.15, 0.2) is 0 Å². The van der Waals surface area contributed by atoms with Crippen LogP contribution in [0.25, 0.3) is 0 Å². The van der Waals surface area contributed by atoms with Crippen LogP contribution in [0.3, 0.4) is 0 Å². The van der Waals surface area contributed by atoms with E-state index in [4.69, 9.17) is 0 Å². The van der Waals surface area contributed by atoms with Crippen molar-refractivity contribution in [3.05, 3.63) is 0 Å². The van der Waals surface area contributed by atoms with Crippen molar-refractivity contribution < 1.29 is 52.3 Å². The molecule has 0 spiro atoms. The monoisotopic (exact) mass is 170 g/mol. The first-order chi connectivity index (χ1) is 0. The molecule has 0 aromatic carbocycles. The maximum absolute atomic E-state index is 0. The molecule has 0 saturated heterocycles. The van der Waals surface area contributed by atoms with Crippen molar-refractivity contribution in [2.45, 2.75) is 0 Å². The van der Waals surface area contributed by atoms with Crippen LogP contribution in [0, 0.1) is 0 Å². The van der Waals surface area contributed by atoms with Gasteiger partial charge in [0.05, 0.1) is 0 Å². The fraction of sp³-hybridized carbons (Fsp3) is 0. The van der Waals surface area contributed by atoms with E-state index in [1.54, 1.807) is 0 Å². The second kappa shape index (κ2) is 1260. The fourth-order valence-electron chi connectivity index (χ4n) is 0. The van der Waals surface area contributed by atoms with Crippen LogP contribution in [-0.2, 0) is 25.0 Å². The van der Waals surface area contributed by atoms with Gasteiger partial charge in [-0.2, -0.15) is 0 Å². The van der Waals surface area contributed by atoms with E-state index in [2.05, 4.69) is 0 Å². The van der Waals surface area contributed by atoms with Gasteiger partial charge in [-0.1, -0.05) is 0 Å². The Kier molecular flexibility index (Phi) is 368000. The van der Waals surface area contributed by atoms with Crippen molar-refractivity contribution in [2.75, 3.05) is 0 Å². The molecule has 0 saturated carbocycles. The van der Waals surface area contributed by atoms with Crippen LogP contribution in [0.1, 0.15) is 0 Å². The Morgan fingerprint density at radius 1 is 0.429 bits per heavy atom. The average Bonchev–Trinajstić information content (AvgIpc) is 0. The zero-order valence-electron chi connectivity index (χ0n) is 3.62. The molecule has 0 fully saturated rings. The van der Waals surface area contributed by atoms with Gasteiger partial charge in [0.1, 0.15) is 0 Å². The van der Waals surface area contributed by atoms with E-state index in [1.165, 1.54) is 0 Å². The minimum atomic E-state index is 0. The van der Waals surface area contributed by atoms with Gasteiger partial charge in [-0.3, -0.25) is 0 Å². The summed E-state index contributed by atoms with van der Waals surface area (Å²) in [5.41, 5.74) is 0. The summed E-state index contributed by atoms with van der Waals surface area (Å²) < 4.78 is 0. The number of rotatable bonds is 0. The quantitative estimate of drug-likeness (QED) is 0.320. The molecule has 0 aromatic rings. The maximum atomic E-state index is 0. The summed E-state index contributed by atoms with van der Waals surface area (Å²) in [7, 11) is 0. The van der Waals surface area contributed by atoms with Gasteiger partial charge < -0.3 is 32.9 Å². The van der Waals surface area contributed by atoms with Crippen molar-refractivity contribution in [3.8, 4) is 0 Å². The van der Waals surface area contributed by atoms with Gasteiger partial charge in [-0.15, -0.1) is 0 Å². The van der Waals surface area contributed by atoms with E-state index in [1.807, 2.05) is 0 Å². The summed E-state index contributed by atoms with van der Waals surface area (Å²) in [6, 6.07) is 0. The van der Waals surface area contributed by atoms with Crippen LogP contribution in [0.2, 0.25) is 0 Å². The SMILES string of the molecule is O.O.O.O.O.[O-2].[Zn+2]. The Morgan fingerprint density at radius 3 is 0.429 bits per heavy atom. The van der Waals surface area contributed by atoms with Crippen LogP contribution in [0.5, 0.6) is 0 Å². The van der Waals surface area contributed by atoms with E-state index < -0.39 is 0 Å². The van der Waals surface area contributed by atoms with Gasteiger partial charge in [-0.05, 0) is 0 Å². The topological polar surface area (TPSA) is 186 Å². The summed E-state index contributed by atoms with van der Waals surface area (Å²) in [4.78, 5) is 0. The largest absolute Gasteiger partial charge is 2.00 e. The Labute approximate surface area is 53.1 Å². The smallest absolute Gasteiger partial charge is 2.00 e. The predicted molar refractivity (Wildman–Crippen MR) is 18.8 cm³/mol. The van der Waals surface area contributed by atoms with Gasteiger partial charge in [0.25, 0.3) is 0 Å². The summed E-state index contributed by atoms with van der Waals surface area (Å²) in [5.74, 6) is 0. The van der Waals surface area contributed by atoms with E-state index in [-0.39, 0.29) is 52.3 Å². The average molecular weight is 171 g/mol. The van der Waals surface area contributed by atoms with Gasteiger partial charge >= 0.3 is 19.5 Å². The molecular formula is H10O6Zn. The summed E-state index contributed by atoms with van der Waals surface area (Å²) in [5, 5.41) is 0. The van der Waals surface area contributed by atoms with Gasteiger partial charge in [0.2, 0.25) is 0 Å². The van der Waals surface area contributed by atoms with Crippen molar-refractivity contribution >= 4 is 0 Å². The molecule has 0 heterocycles. The van der Waals surface area contributed by atoms with Crippen LogP contribution in [-0.4, -0.2) is 27.4 Å². The number of hydrogen-bond donors (Lipinski definition) is 0. The summed E-state index contributed by atoms with van der Waals surface area (Å²) in [6.07, 6.45) is 0. The Bertz CT molecular complexity index is 4.14. The molecule has 0 rings (SSSR count). The second-order valence-electron chi connectivity index (χ2n) is 0. The van der Waals surface area contributed by atoms with E-state index in [9.17, 15) is 0 Å². The zero-order valence-corrected chi connectivity index (χ0v) is 6.58. The number of hydrogen-bond acceptors (Lipinski definition) is 0. The molecule has 0 unspecified atom stereocenters. The van der Waals surface area contributed by atoms with Crippen LogP contribution < -0.4 is 0 Å². The molecule has 6 nitrogen and oxygen atoms in total. The Hall–Kier alpha value is 0.383. The molecule has 0 atom stereocenters. The summed E-state index contributed by atoms with van der Waals surface area (Å²) >= 11 is 0. The van der Waals surface area contributed by atoms with E-state index >= 15 is 0 Å². The minimum absolute atomic E-state index is 0. The van der Waals surface area contributed by atoms with Crippen LogP contribution in [0.15, 0.2) is 0 Å². The molecule has 0 radical (unpaired) electrons. The standard InChI is InChI=1S/5H2O.O.Zn/h5*1H2;;/q;;;;;-2;+2. The fourth-order valence-corrected chi connectivity index (χ4v) is 0. The first kappa shape index (κ1) is 2050. The Balaban J connectivity index is 0. The molecule has 0 aliphatic rings. The zero-order chi connectivity index (χ0) is 0. The molecule has 7 heavy (non-hydrogen) atoms. The predicted octanol–water partition coefficient (Wildman–Crippen LogP) is -4.24. The maximum Gasteiger partial charge on any atom is 2.00 e. The molecule has 0 amide bonds. The molecule has 0 aliphatic heterocycles. The molecule has 7 heteroatoms. The minimum Gasteiger partial charge on any atom is -2.00 e. The Morgan fingerprint density at radius 2 is 0.429 bits per heavy atom. The first-order valence-electron chi connectivity index (χ1n) is 0. The van der Waals surface area contributed by atoms with Crippen molar-refractivity contribution in [1.29, 1.82) is 0 Å². The van der Waals surface area contributed by atoms with Crippen molar-refractivity contribution in [1.82, 2.24) is 0 Å². The molecule has 0 aliphatic carbocycles. The third-order valence-corrected chi connectivity index (χ3v) is 0. The second-order valence-corrected chi connectivity index (χ2v) is 0. The summed E-state index contributed by atoms with van der Waals surface area (Å²) in [6.45, 7) is 0. The van der Waals surface area contributed by atoms with Gasteiger partial charge in [0, 0.05) is 0 Å². The van der Waals surface area contributed by atoms with Crippen molar-refractivity contribution in [3.63, 3.8) is 0 Å². The van der Waals surface area contributed by atoms with Crippen molar-refractivity contribution in [2.24, 2.45) is 0 Å². The molecule has 0 aromatic heterocycles. The normalized spacial score (nSPS) is 0. The third-order valence-electron chi connectivity index (χ3n) is 0. The molecular weight excluding hydrogens is 161 g/mol.